The van der Waals surface area contributed by atoms with Crippen LogP contribution in [-0.4, -0.2) is 68.3 Å². The molecule has 2 aliphatic rings. The van der Waals surface area contributed by atoms with Crippen LogP contribution >= 0.6 is 22.6 Å². The molecule has 0 unspecified atom stereocenters. The van der Waals surface area contributed by atoms with Gasteiger partial charge in [-0.15, -0.1) is 0 Å². The minimum Gasteiger partial charge on any atom is -0.464 e. The number of nitrogens with zero attached hydrogens (tertiary/aromatic N) is 1. The third kappa shape index (κ3) is 4.55. The summed E-state index contributed by atoms with van der Waals surface area (Å²) in [4.78, 5) is 38.4. The van der Waals surface area contributed by atoms with E-state index in [0.717, 1.165) is 0 Å². The number of halogens is 1. The predicted molar refractivity (Wildman–Crippen MR) is 97.3 cm³/mol. The third-order valence-electron chi connectivity index (χ3n) is 4.07. The minimum atomic E-state index is -1.04. The zero-order valence-corrected chi connectivity index (χ0v) is 17.0. The maximum Gasteiger partial charge on any atom is 0.411 e. The van der Waals surface area contributed by atoms with Gasteiger partial charge in [-0.25, -0.2) is 9.59 Å². The van der Waals surface area contributed by atoms with Crippen LogP contribution in [0.25, 0.3) is 0 Å². The number of aliphatic hydroxyl groups excluding tert-OH is 1. The number of alkyl halides is 1. The first-order valence-corrected chi connectivity index (χ1v) is 9.55. The number of β-amino-alcohol motifs (C(OH)–C–C–N with tert-alkyl or cyclic N) is 1. The van der Waals surface area contributed by atoms with Gasteiger partial charge < -0.3 is 19.9 Å². The van der Waals surface area contributed by atoms with Crippen LogP contribution in [0.15, 0.2) is 0 Å². The van der Waals surface area contributed by atoms with Crippen molar-refractivity contribution < 1.29 is 29.0 Å². The number of carbonyl (C=O) groups is 3. The van der Waals surface area contributed by atoms with Crippen molar-refractivity contribution >= 4 is 40.6 Å². The van der Waals surface area contributed by atoms with Crippen molar-refractivity contribution in [3.05, 3.63) is 0 Å². The van der Waals surface area contributed by atoms with Gasteiger partial charge in [0.1, 0.15) is 11.6 Å². The number of hydrogen-bond donors (Lipinski definition) is 2. The largest absolute Gasteiger partial charge is 0.464 e. The van der Waals surface area contributed by atoms with Crippen LogP contribution in [0.3, 0.4) is 0 Å². The molecule has 1 heterocycles. The quantitative estimate of drug-likeness (QED) is 0.362. The standard InChI is InChI=1S/C16H25IN2O6/c1-5-24-13(22)16(7-11(16)17)18-12(21)10-6-9(20)8-19(10)14(23)25-15(2,3)4/h9-11,20H,5-8H2,1-4H3,(H,18,21)/t9-,10+,11+,16+/m1/s1. The van der Waals surface area contributed by atoms with Crippen molar-refractivity contribution in [1.29, 1.82) is 0 Å². The first kappa shape index (κ1) is 20.2. The Morgan fingerprint density at radius 2 is 1.96 bits per heavy atom. The zero-order chi connectivity index (χ0) is 19.0. The zero-order valence-electron chi connectivity index (χ0n) is 14.9. The lowest BCUT2D eigenvalue weighted by molar-refractivity contribution is -0.149. The molecule has 1 saturated heterocycles. The summed E-state index contributed by atoms with van der Waals surface area (Å²) in [7, 11) is 0. The molecule has 0 aromatic rings. The lowest BCUT2D eigenvalue weighted by Gasteiger charge is -2.28. The van der Waals surface area contributed by atoms with Crippen molar-refractivity contribution in [3.8, 4) is 0 Å². The Bertz CT molecular complexity index is 563. The SMILES string of the molecule is CCOC(=O)[C@]1(NC(=O)[C@@H]2C[C@@H](O)CN2C(=O)OC(C)(C)C)C[C@@H]1I. The van der Waals surface area contributed by atoms with Crippen molar-refractivity contribution in [2.45, 2.75) is 67.7 Å². The highest BCUT2D eigenvalue weighted by molar-refractivity contribution is 14.1. The molecule has 2 amide bonds. The van der Waals surface area contributed by atoms with Crippen LogP contribution in [0.2, 0.25) is 0 Å². The molecule has 2 rings (SSSR count). The number of carbonyl (C=O) groups excluding carboxylic acids is 3. The van der Waals surface area contributed by atoms with Crippen molar-refractivity contribution in [1.82, 2.24) is 10.2 Å². The van der Waals surface area contributed by atoms with Crippen LogP contribution in [0.1, 0.15) is 40.5 Å². The van der Waals surface area contributed by atoms with Gasteiger partial charge in [0.15, 0.2) is 5.54 Å². The highest BCUT2D eigenvalue weighted by atomic mass is 127. The van der Waals surface area contributed by atoms with Crippen LogP contribution in [-0.2, 0) is 19.1 Å². The summed E-state index contributed by atoms with van der Waals surface area (Å²) in [6, 6.07) is -0.875. The number of aliphatic hydroxyl groups is 1. The number of rotatable bonds is 4. The monoisotopic (exact) mass is 468 g/mol. The normalized spacial score (nSPS) is 31.4. The second-order valence-corrected chi connectivity index (χ2v) is 8.89. The van der Waals surface area contributed by atoms with Crippen LogP contribution in [0.5, 0.6) is 0 Å². The lowest BCUT2D eigenvalue weighted by atomic mass is 10.1. The summed E-state index contributed by atoms with van der Waals surface area (Å²) in [5.74, 6) is -0.945. The molecular weight excluding hydrogens is 443 g/mol. The van der Waals surface area contributed by atoms with E-state index in [1.165, 1.54) is 4.90 Å². The highest BCUT2D eigenvalue weighted by Gasteiger charge is 2.62. The summed E-state index contributed by atoms with van der Waals surface area (Å²) < 4.78 is 10.3. The van der Waals surface area contributed by atoms with Crippen LogP contribution < -0.4 is 5.32 Å². The number of nitrogens with one attached hydrogen (secondary N) is 1. The Morgan fingerprint density at radius 3 is 2.44 bits per heavy atom. The van der Waals surface area contributed by atoms with Gasteiger partial charge in [-0.1, -0.05) is 22.6 Å². The fourth-order valence-corrected chi connectivity index (χ4v) is 3.87. The number of hydrogen-bond acceptors (Lipinski definition) is 6. The molecule has 0 radical (unpaired) electrons. The van der Waals surface area contributed by atoms with Gasteiger partial charge in [0.05, 0.1) is 19.3 Å². The summed E-state index contributed by atoms with van der Waals surface area (Å²) in [6.45, 7) is 7.14. The molecule has 25 heavy (non-hydrogen) atoms. The highest BCUT2D eigenvalue weighted by Crippen LogP contribution is 2.44. The average molecular weight is 468 g/mol. The molecule has 1 aliphatic carbocycles. The number of esters is 1. The Hall–Kier alpha value is -1.10. The average Bonchev–Trinajstić information content (AvgIpc) is 2.94. The van der Waals surface area contributed by atoms with Gasteiger partial charge in [-0.05, 0) is 34.1 Å². The molecule has 0 aromatic heterocycles. The lowest BCUT2D eigenvalue weighted by Crippen LogP contribution is -2.54. The molecule has 0 bridgehead atoms. The van der Waals surface area contributed by atoms with E-state index < -0.39 is 41.3 Å². The fourth-order valence-electron chi connectivity index (χ4n) is 2.76. The Morgan fingerprint density at radius 1 is 1.36 bits per heavy atom. The number of ether oxygens (including phenoxy) is 2. The summed E-state index contributed by atoms with van der Waals surface area (Å²) >= 11 is 2.09. The van der Waals surface area contributed by atoms with E-state index in [0.29, 0.717) is 6.42 Å². The molecule has 9 heteroatoms. The van der Waals surface area contributed by atoms with E-state index in [1.807, 2.05) is 0 Å². The molecule has 0 spiro atoms. The molecule has 142 valence electrons. The molecule has 1 aliphatic heterocycles. The smallest absolute Gasteiger partial charge is 0.411 e. The number of amides is 2. The summed E-state index contributed by atoms with van der Waals surface area (Å²) in [5, 5.41) is 12.6. The van der Waals surface area contributed by atoms with Crippen molar-refractivity contribution in [2.24, 2.45) is 0 Å². The van der Waals surface area contributed by atoms with Gasteiger partial charge in [0, 0.05) is 10.3 Å². The number of likely N-dealkylation sites (tertiary alicyclic amines) is 1. The second kappa shape index (κ2) is 7.26. The molecule has 0 aromatic carbocycles. The first-order valence-electron chi connectivity index (χ1n) is 8.31. The Labute approximate surface area is 160 Å². The molecule has 2 N–H and O–H groups in total. The van der Waals surface area contributed by atoms with Crippen molar-refractivity contribution in [2.75, 3.05) is 13.2 Å². The summed E-state index contributed by atoms with van der Waals surface area (Å²) in [5.41, 5.74) is -1.75. The third-order valence-corrected chi connectivity index (χ3v) is 5.57. The molecule has 2 fully saturated rings. The van der Waals surface area contributed by atoms with Gasteiger partial charge in [0.2, 0.25) is 5.91 Å². The Balaban J connectivity index is 2.09. The van der Waals surface area contributed by atoms with Crippen LogP contribution in [0.4, 0.5) is 4.79 Å². The van der Waals surface area contributed by atoms with Gasteiger partial charge in [-0.2, -0.15) is 0 Å². The fraction of sp³-hybridized carbons (Fsp3) is 0.812. The molecule has 4 atom stereocenters. The molecule has 8 nitrogen and oxygen atoms in total. The van der Waals surface area contributed by atoms with Gasteiger partial charge in [-0.3, -0.25) is 9.69 Å². The summed E-state index contributed by atoms with van der Waals surface area (Å²) in [6.07, 6.45) is -0.872. The van der Waals surface area contributed by atoms with E-state index in [4.69, 9.17) is 9.47 Å². The van der Waals surface area contributed by atoms with E-state index in [9.17, 15) is 19.5 Å². The second-order valence-electron chi connectivity index (χ2n) is 7.39. The van der Waals surface area contributed by atoms with E-state index in [1.54, 1.807) is 27.7 Å². The molecular formula is C16H25IN2O6. The topological polar surface area (TPSA) is 105 Å². The maximum atomic E-state index is 12.7. The minimum absolute atomic E-state index is 0.0209. The Kier molecular flexibility index (Phi) is 5.87. The van der Waals surface area contributed by atoms with E-state index in [-0.39, 0.29) is 23.5 Å². The maximum absolute atomic E-state index is 12.7. The van der Waals surface area contributed by atoms with Gasteiger partial charge >= 0.3 is 12.1 Å². The van der Waals surface area contributed by atoms with Gasteiger partial charge in [0.25, 0.3) is 0 Å². The predicted octanol–water partition coefficient (Wildman–Crippen LogP) is 0.982. The van der Waals surface area contributed by atoms with E-state index >= 15 is 0 Å². The van der Waals surface area contributed by atoms with Crippen LogP contribution in [0, 0.1) is 0 Å². The van der Waals surface area contributed by atoms with Crippen molar-refractivity contribution in [3.63, 3.8) is 0 Å². The molecule has 1 saturated carbocycles. The van der Waals surface area contributed by atoms with E-state index in [2.05, 4.69) is 27.9 Å². The first-order chi connectivity index (χ1) is 11.5.